The van der Waals surface area contributed by atoms with Gasteiger partial charge < -0.3 is 10.6 Å². The Morgan fingerprint density at radius 3 is 0.667 bits per heavy atom. The van der Waals surface area contributed by atoms with Crippen molar-refractivity contribution >= 4 is 0 Å². The molecule has 0 bridgehead atoms. The van der Waals surface area contributed by atoms with Crippen molar-refractivity contribution in [2.24, 2.45) is 0 Å². The van der Waals surface area contributed by atoms with Crippen LogP contribution in [0.1, 0.15) is 0 Å². The minimum atomic E-state index is 1.88. The maximum Gasteiger partial charge on any atom is -0.0167 e. The minimum Gasteiger partial charge on any atom is -0.323 e. The van der Waals surface area contributed by atoms with Crippen LogP contribution in [0.4, 0.5) is 0 Å². The summed E-state index contributed by atoms with van der Waals surface area (Å²) in [5, 5.41) is 5.50. The highest BCUT2D eigenvalue weighted by atomic mass is 14.7. The van der Waals surface area contributed by atoms with Crippen molar-refractivity contribution in [3.05, 3.63) is 0 Å². The fraction of sp³-hybridized carbons (Fsp3) is 1.00. The van der Waals surface area contributed by atoms with Gasteiger partial charge in [-0.05, 0) is 28.2 Å². The van der Waals surface area contributed by atoms with Crippen molar-refractivity contribution in [1.29, 1.82) is 0 Å². The normalized spacial score (nSPS) is 6.00. The molecular formula is C4H14N2. The van der Waals surface area contributed by atoms with Crippen molar-refractivity contribution in [1.82, 2.24) is 10.6 Å². The Hall–Kier alpha value is -0.0800. The van der Waals surface area contributed by atoms with Crippen molar-refractivity contribution in [3.8, 4) is 0 Å². The van der Waals surface area contributed by atoms with Crippen LogP contribution in [0.3, 0.4) is 0 Å². The number of hydrogen-bond donors (Lipinski definition) is 2. The standard InChI is InChI=1S/2C2H7N/c2*1-3-2/h2*3H,1-2H3. The Labute approximate surface area is 39.9 Å². The summed E-state index contributed by atoms with van der Waals surface area (Å²) in [7, 11) is 7.50. The second-order valence-corrected chi connectivity index (χ2v) is 1.00. The Morgan fingerprint density at radius 1 is 0.667 bits per heavy atom. The van der Waals surface area contributed by atoms with E-state index in [9.17, 15) is 0 Å². The molecule has 0 aliphatic carbocycles. The van der Waals surface area contributed by atoms with Gasteiger partial charge in [0.05, 0.1) is 0 Å². The van der Waals surface area contributed by atoms with Crippen LogP contribution in [0.5, 0.6) is 0 Å². The molecular weight excluding hydrogens is 76.1 g/mol. The molecule has 0 amide bonds. The Kier molecular flexibility index (Phi) is 31.9. The van der Waals surface area contributed by atoms with E-state index in [1.54, 1.807) is 0 Å². The van der Waals surface area contributed by atoms with Gasteiger partial charge in [0.1, 0.15) is 0 Å². The molecule has 0 saturated heterocycles. The molecule has 2 N–H and O–H groups in total. The lowest BCUT2D eigenvalue weighted by molar-refractivity contribution is 1.02. The number of nitrogens with one attached hydrogen (secondary N) is 2. The zero-order valence-corrected chi connectivity index (χ0v) is 5.00. The third-order valence-electron chi connectivity index (χ3n) is 0. The van der Waals surface area contributed by atoms with Gasteiger partial charge in [-0.3, -0.25) is 0 Å². The van der Waals surface area contributed by atoms with Crippen molar-refractivity contribution < 1.29 is 0 Å². The second-order valence-electron chi connectivity index (χ2n) is 1.00. The van der Waals surface area contributed by atoms with Gasteiger partial charge in [0.2, 0.25) is 0 Å². The summed E-state index contributed by atoms with van der Waals surface area (Å²) in [5.41, 5.74) is 0. The highest BCUT2D eigenvalue weighted by Crippen LogP contribution is 0.984. The molecule has 0 saturated carbocycles. The molecule has 0 aromatic carbocycles. The predicted octanol–water partition coefficient (Wildman–Crippen LogP) is -0.329. The molecule has 0 aliphatic heterocycles. The quantitative estimate of drug-likeness (QED) is 0.425. The third-order valence-corrected chi connectivity index (χ3v) is 0. The topological polar surface area (TPSA) is 24.1 Å². The largest absolute Gasteiger partial charge is 0.323 e. The molecule has 0 fully saturated rings. The lowest BCUT2D eigenvalue weighted by Crippen LogP contribution is -1.89. The van der Waals surface area contributed by atoms with Crippen molar-refractivity contribution in [2.45, 2.75) is 0 Å². The molecule has 0 unspecified atom stereocenters. The first-order valence-corrected chi connectivity index (χ1v) is 2.00. The van der Waals surface area contributed by atoms with E-state index in [4.69, 9.17) is 0 Å². The van der Waals surface area contributed by atoms with Gasteiger partial charge in [-0.15, -0.1) is 0 Å². The maximum atomic E-state index is 2.75. The molecule has 2 nitrogen and oxygen atoms in total. The number of hydrogen-bond acceptors (Lipinski definition) is 2. The Bertz CT molecular complexity index is 7.51. The van der Waals surface area contributed by atoms with Gasteiger partial charge >= 0.3 is 0 Å². The van der Waals surface area contributed by atoms with Crippen LogP contribution in [-0.4, -0.2) is 28.2 Å². The molecule has 0 radical (unpaired) electrons. The Balaban J connectivity index is 0. The fourth-order valence-electron chi connectivity index (χ4n) is 0. The van der Waals surface area contributed by atoms with Gasteiger partial charge in [0.15, 0.2) is 0 Å². The third kappa shape index (κ3) is 5220. The summed E-state index contributed by atoms with van der Waals surface area (Å²) in [5.74, 6) is 0. The van der Waals surface area contributed by atoms with E-state index in [0.717, 1.165) is 0 Å². The summed E-state index contributed by atoms with van der Waals surface area (Å²) in [6.07, 6.45) is 0. The first kappa shape index (κ1) is 9.33. The summed E-state index contributed by atoms with van der Waals surface area (Å²) in [6.45, 7) is 0. The van der Waals surface area contributed by atoms with E-state index in [-0.39, 0.29) is 0 Å². The van der Waals surface area contributed by atoms with Crippen molar-refractivity contribution in [3.63, 3.8) is 0 Å². The second kappa shape index (κ2) is 20.5. The summed E-state index contributed by atoms with van der Waals surface area (Å²) >= 11 is 0. The first-order valence-electron chi connectivity index (χ1n) is 2.00. The number of rotatable bonds is 0. The zero-order chi connectivity index (χ0) is 5.41. The predicted molar refractivity (Wildman–Crippen MR) is 30.0 cm³/mol. The van der Waals surface area contributed by atoms with Crippen LogP contribution >= 0.6 is 0 Å². The summed E-state index contributed by atoms with van der Waals surface area (Å²) < 4.78 is 0. The Morgan fingerprint density at radius 2 is 0.667 bits per heavy atom. The molecule has 2 heteroatoms. The van der Waals surface area contributed by atoms with Crippen LogP contribution < -0.4 is 10.6 Å². The van der Waals surface area contributed by atoms with E-state index in [1.807, 2.05) is 28.2 Å². The van der Waals surface area contributed by atoms with E-state index in [1.165, 1.54) is 0 Å². The lowest BCUT2D eigenvalue weighted by Gasteiger charge is -1.59. The van der Waals surface area contributed by atoms with Gasteiger partial charge in [-0.2, -0.15) is 0 Å². The fourth-order valence-corrected chi connectivity index (χ4v) is 0. The van der Waals surface area contributed by atoms with Gasteiger partial charge in [0.25, 0.3) is 0 Å². The van der Waals surface area contributed by atoms with Gasteiger partial charge in [0, 0.05) is 0 Å². The minimum absolute atomic E-state index is 1.88. The van der Waals surface area contributed by atoms with E-state index in [0.29, 0.717) is 0 Å². The smallest absolute Gasteiger partial charge is 0.0167 e. The molecule has 0 aliphatic rings. The highest BCUT2D eigenvalue weighted by molar-refractivity contribution is 3.91. The van der Waals surface area contributed by atoms with Gasteiger partial charge in [-0.25, -0.2) is 0 Å². The molecule has 0 rings (SSSR count). The molecule has 0 atom stereocenters. The molecule has 40 valence electrons. The van der Waals surface area contributed by atoms with Crippen LogP contribution in [0.15, 0.2) is 0 Å². The average Bonchev–Trinajstić information content (AvgIpc) is 1.39. The molecule has 0 heterocycles. The molecule has 0 spiro atoms. The molecule has 6 heavy (non-hydrogen) atoms. The monoisotopic (exact) mass is 90.1 g/mol. The highest BCUT2D eigenvalue weighted by Gasteiger charge is 1.26. The van der Waals surface area contributed by atoms with E-state index >= 15 is 0 Å². The summed E-state index contributed by atoms with van der Waals surface area (Å²) in [4.78, 5) is 0. The van der Waals surface area contributed by atoms with Crippen LogP contribution in [0.2, 0.25) is 0 Å². The van der Waals surface area contributed by atoms with Crippen molar-refractivity contribution in [2.75, 3.05) is 28.2 Å². The maximum absolute atomic E-state index is 2.75. The molecule has 0 aromatic heterocycles. The first-order chi connectivity index (χ1) is 2.83. The van der Waals surface area contributed by atoms with E-state index < -0.39 is 0 Å². The summed E-state index contributed by atoms with van der Waals surface area (Å²) in [6, 6.07) is 0. The lowest BCUT2D eigenvalue weighted by atomic mass is 11.3. The zero-order valence-electron chi connectivity index (χ0n) is 5.00. The van der Waals surface area contributed by atoms with Gasteiger partial charge in [-0.1, -0.05) is 0 Å². The molecule has 0 aromatic rings. The van der Waals surface area contributed by atoms with Crippen LogP contribution in [0.25, 0.3) is 0 Å². The van der Waals surface area contributed by atoms with Crippen LogP contribution in [0, 0.1) is 0 Å². The van der Waals surface area contributed by atoms with E-state index in [2.05, 4.69) is 10.6 Å². The SMILES string of the molecule is CNC.CNC. The van der Waals surface area contributed by atoms with Crippen LogP contribution in [-0.2, 0) is 0 Å². The average molecular weight is 90.2 g/mol.